The van der Waals surface area contributed by atoms with Crippen molar-refractivity contribution in [2.45, 2.75) is 12.5 Å². The molecule has 0 unspecified atom stereocenters. The second-order valence-corrected chi connectivity index (χ2v) is 4.86. The van der Waals surface area contributed by atoms with Crippen LogP contribution in [0.5, 0.6) is 0 Å². The van der Waals surface area contributed by atoms with Gasteiger partial charge in [-0.2, -0.15) is 0 Å². The van der Waals surface area contributed by atoms with Gasteiger partial charge in [0.1, 0.15) is 17.7 Å². The minimum Gasteiger partial charge on any atom is -0.467 e. The van der Waals surface area contributed by atoms with E-state index in [9.17, 15) is 18.4 Å². The lowest BCUT2D eigenvalue weighted by Crippen LogP contribution is -2.43. The number of methoxy groups -OCH3 is 1. The summed E-state index contributed by atoms with van der Waals surface area (Å²) in [6.45, 7) is 0. The summed E-state index contributed by atoms with van der Waals surface area (Å²) in [5.74, 6) is -3.24. The van der Waals surface area contributed by atoms with Crippen LogP contribution >= 0.6 is 0 Å². The number of esters is 1. The van der Waals surface area contributed by atoms with Gasteiger partial charge in [0.15, 0.2) is 0 Å². The SMILES string of the molecule is COC(=O)[C@H](Cc1ccccc1)NC(=O)c1ccc(F)cc1F. The Morgan fingerprint density at radius 1 is 1.13 bits per heavy atom. The monoisotopic (exact) mass is 319 g/mol. The van der Waals surface area contributed by atoms with Crippen molar-refractivity contribution in [3.63, 3.8) is 0 Å². The maximum Gasteiger partial charge on any atom is 0.328 e. The average molecular weight is 319 g/mol. The summed E-state index contributed by atoms with van der Waals surface area (Å²) < 4.78 is 31.2. The van der Waals surface area contributed by atoms with E-state index in [4.69, 9.17) is 0 Å². The van der Waals surface area contributed by atoms with Gasteiger partial charge in [-0.1, -0.05) is 30.3 Å². The van der Waals surface area contributed by atoms with Gasteiger partial charge in [-0.05, 0) is 17.7 Å². The zero-order chi connectivity index (χ0) is 16.8. The first-order valence-electron chi connectivity index (χ1n) is 6.89. The van der Waals surface area contributed by atoms with Crippen LogP contribution in [0.2, 0.25) is 0 Å². The predicted octanol–water partition coefficient (Wildman–Crippen LogP) is 2.48. The number of hydrogen-bond acceptors (Lipinski definition) is 3. The molecule has 0 heterocycles. The maximum absolute atomic E-state index is 13.6. The number of rotatable bonds is 5. The Labute approximate surface area is 132 Å². The van der Waals surface area contributed by atoms with E-state index < -0.39 is 29.6 Å². The van der Waals surface area contributed by atoms with Crippen molar-refractivity contribution in [3.05, 3.63) is 71.3 Å². The van der Waals surface area contributed by atoms with Gasteiger partial charge >= 0.3 is 5.97 Å². The van der Waals surface area contributed by atoms with Crippen LogP contribution in [0.3, 0.4) is 0 Å². The van der Waals surface area contributed by atoms with Gasteiger partial charge in [-0.25, -0.2) is 13.6 Å². The van der Waals surface area contributed by atoms with E-state index in [1.54, 1.807) is 24.3 Å². The highest BCUT2D eigenvalue weighted by molar-refractivity contribution is 5.97. The number of hydrogen-bond donors (Lipinski definition) is 1. The van der Waals surface area contributed by atoms with E-state index >= 15 is 0 Å². The van der Waals surface area contributed by atoms with Crippen LogP contribution in [0, 0.1) is 11.6 Å². The van der Waals surface area contributed by atoms with Gasteiger partial charge in [0.25, 0.3) is 5.91 Å². The molecule has 0 spiro atoms. The highest BCUT2D eigenvalue weighted by Crippen LogP contribution is 2.11. The van der Waals surface area contributed by atoms with E-state index in [0.29, 0.717) is 6.07 Å². The third kappa shape index (κ3) is 4.35. The molecule has 0 saturated carbocycles. The second-order valence-electron chi connectivity index (χ2n) is 4.86. The van der Waals surface area contributed by atoms with Crippen LogP contribution in [0.4, 0.5) is 8.78 Å². The third-order valence-electron chi connectivity index (χ3n) is 3.25. The van der Waals surface area contributed by atoms with Crippen LogP contribution in [0.1, 0.15) is 15.9 Å². The maximum atomic E-state index is 13.6. The van der Waals surface area contributed by atoms with Crippen LogP contribution < -0.4 is 5.32 Å². The molecule has 2 aromatic carbocycles. The zero-order valence-electron chi connectivity index (χ0n) is 12.4. The normalized spacial score (nSPS) is 11.6. The highest BCUT2D eigenvalue weighted by Gasteiger charge is 2.24. The van der Waals surface area contributed by atoms with Crippen molar-refractivity contribution in [2.24, 2.45) is 0 Å². The van der Waals surface area contributed by atoms with Crippen molar-refractivity contribution in [2.75, 3.05) is 7.11 Å². The fourth-order valence-electron chi connectivity index (χ4n) is 2.09. The zero-order valence-corrected chi connectivity index (χ0v) is 12.4. The Morgan fingerprint density at radius 2 is 1.83 bits per heavy atom. The number of amides is 1. The van der Waals surface area contributed by atoms with Crippen LogP contribution in [0.15, 0.2) is 48.5 Å². The molecule has 0 radical (unpaired) electrons. The predicted molar refractivity (Wildman–Crippen MR) is 79.8 cm³/mol. The summed E-state index contributed by atoms with van der Waals surface area (Å²) >= 11 is 0. The first-order valence-corrected chi connectivity index (χ1v) is 6.89. The molecule has 1 atom stereocenters. The number of ether oxygens (including phenoxy) is 1. The fourth-order valence-corrected chi connectivity index (χ4v) is 2.09. The minimum atomic E-state index is -0.995. The molecule has 2 aromatic rings. The van der Waals surface area contributed by atoms with E-state index in [0.717, 1.165) is 17.7 Å². The van der Waals surface area contributed by atoms with Crippen molar-refractivity contribution in [1.29, 1.82) is 0 Å². The Hall–Kier alpha value is -2.76. The lowest BCUT2D eigenvalue weighted by atomic mass is 10.1. The third-order valence-corrected chi connectivity index (χ3v) is 3.25. The Bertz CT molecular complexity index is 704. The Morgan fingerprint density at radius 3 is 2.43 bits per heavy atom. The summed E-state index contributed by atoms with van der Waals surface area (Å²) in [6, 6.07) is 10.6. The largest absolute Gasteiger partial charge is 0.467 e. The second kappa shape index (κ2) is 7.49. The lowest BCUT2D eigenvalue weighted by Gasteiger charge is -2.17. The average Bonchev–Trinajstić information content (AvgIpc) is 2.54. The lowest BCUT2D eigenvalue weighted by molar-refractivity contribution is -0.142. The van der Waals surface area contributed by atoms with Crippen LogP contribution in [-0.2, 0) is 16.0 Å². The van der Waals surface area contributed by atoms with Gasteiger partial charge in [-0.15, -0.1) is 0 Å². The molecule has 1 amide bonds. The molecule has 6 heteroatoms. The molecule has 1 N–H and O–H groups in total. The fraction of sp³-hybridized carbons (Fsp3) is 0.176. The van der Waals surface area contributed by atoms with E-state index in [2.05, 4.69) is 10.1 Å². The number of benzene rings is 2. The number of carbonyl (C=O) groups is 2. The molecule has 23 heavy (non-hydrogen) atoms. The number of carbonyl (C=O) groups excluding carboxylic acids is 2. The van der Waals surface area contributed by atoms with E-state index in [1.165, 1.54) is 7.11 Å². The molecule has 0 aliphatic heterocycles. The van der Waals surface area contributed by atoms with Crippen molar-refractivity contribution in [3.8, 4) is 0 Å². The summed E-state index contributed by atoms with van der Waals surface area (Å²) in [4.78, 5) is 23.9. The Kier molecular flexibility index (Phi) is 5.41. The molecule has 2 rings (SSSR count). The first kappa shape index (κ1) is 16.6. The minimum absolute atomic E-state index is 0.196. The summed E-state index contributed by atoms with van der Waals surface area (Å²) in [5, 5.41) is 2.42. The summed E-state index contributed by atoms with van der Waals surface area (Å²) in [6.07, 6.45) is 0.196. The smallest absolute Gasteiger partial charge is 0.328 e. The first-order chi connectivity index (χ1) is 11.0. The molecule has 0 aromatic heterocycles. The van der Waals surface area contributed by atoms with Gasteiger partial charge in [0.2, 0.25) is 0 Å². The molecule has 0 saturated heterocycles. The summed E-state index contributed by atoms with van der Waals surface area (Å²) in [5.41, 5.74) is 0.469. The number of halogens is 2. The van der Waals surface area contributed by atoms with E-state index in [1.807, 2.05) is 6.07 Å². The summed E-state index contributed by atoms with van der Waals surface area (Å²) in [7, 11) is 1.20. The van der Waals surface area contributed by atoms with Gasteiger partial charge in [0.05, 0.1) is 12.7 Å². The van der Waals surface area contributed by atoms with E-state index in [-0.39, 0.29) is 12.0 Å². The quantitative estimate of drug-likeness (QED) is 0.862. The topological polar surface area (TPSA) is 55.4 Å². The molecule has 120 valence electrons. The van der Waals surface area contributed by atoms with Gasteiger partial charge in [-0.3, -0.25) is 4.79 Å². The number of nitrogens with one attached hydrogen (secondary N) is 1. The molecular formula is C17H15F2NO3. The molecule has 0 aliphatic rings. The van der Waals surface area contributed by atoms with Crippen molar-refractivity contribution < 1.29 is 23.1 Å². The van der Waals surface area contributed by atoms with Gasteiger partial charge in [0, 0.05) is 12.5 Å². The highest BCUT2D eigenvalue weighted by atomic mass is 19.1. The molecule has 4 nitrogen and oxygen atoms in total. The molecule has 0 fully saturated rings. The molecule has 0 bridgehead atoms. The van der Waals surface area contributed by atoms with Crippen LogP contribution in [-0.4, -0.2) is 25.0 Å². The molecular weight excluding hydrogens is 304 g/mol. The standard InChI is InChI=1S/C17H15F2NO3/c1-23-17(22)15(9-11-5-3-2-4-6-11)20-16(21)13-8-7-12(18)10-14(13)19/h2-8,10,15H,9H2,1H3,(H,20,21)/t15-/m0/s1. The van der Waals surface area contributed by atoms with Crippen LogP contribution in [0.25, 0.3) is 0 Å². The molecule has 0 aliphatic carbocycles. The van der Waals surface area contributed by atoms with Crippen molar-refractivity contribution >= 4 is 11.9 Å². The van der Waals surface area contributed by atoms with Gasteiger partial charge < -0.3 is 10.1 Å². The Balaban J connectivity index is 2.17. The van der Waals surface area contributed by atoms with Crippen molar-refractivity contribution in [1.82, 2.24) is 5.32 Å².